The lowest BCUT2D eigenvalue weighted by atomic mass is 9.90. The first-order valence-corrected chi connectivity index (χ1v) is 9.57. The average molecular weight is 357 g/mol. The first kappa shape index (κ1) is 17.4. The quantitative estimate of drug-likeness (QED) is 0.830. The second-order valence-electron chi connectivity index (χ2n) is 7.33. The van der Waals surface area contributed by atoms with E-state index in [-0.39, 0.29) is 11.7 Å². The van der Waals surface area contributed by atoms with Crippen LogP contribution in [-0.4, -0.2) is 44.2 Å². The molecule has 2 atom stereocenters. The van der Waals surface area contributed by atoms with E-state index >= 15 is 0 Å². The molecule has 4 heterocycles. The minimum Gasteiger partial charge on any atom is -0.372 e. The van der Waals surface area contributed by atoms with Crippen molar-refractivity contribution < 1.29 is 4.74 Å². The van der Waals surface area contributed by atoms with Crippen molar-refractivity contribution in [2.24, 2.45) is 13.0 Å². The fourth-order valence-corrected chi connectivity index (χ4v) is 4.25. The summed E-state index contributed by atoms with van der Waals surface area (Å²) >= 11 is 0. The summed E-state index contributed by atoms with van der Waals surface area (Å²) in [6.07, 6.45) is 5.14. The predicted octanol–water partition coefficient (Wildman–Crippen LogP) is 1.52. The van der Waals surface area contributed by atoms with Crippen LogP contribution in [0.3, 0.4) is 0 Å². The van der Waals surface area contributed by atoms with Gasteiger partial charge in [0.25, 0.3) is 5.56 Å². The summed E-state index contributed by atoms with van der Waals surface area (Å²) < 4.78 is 9.65. The number of rotatable bonds is 4. The predicted molar refractivity (Wildman–Crippen MR) is 97.8 cm³/mol. The molecular weight excluding hydrogens is 330 g/mol. The zero-order valence-corrected chi connectivity index (χ0v) is 15.6. The van der Waals surface area contributed by atoms with E-state index in [1.807, 2.05) is 10.9 Å². The normalized spacial score (nSPS) is 23.8. The zero-order chi connectivity index (χ0) is 18.1. The largest absolute Gasteiger partial charge is 0.372 e. The molecule has 2 aromatic rings. The van der Waals surface area contributed by atoms with Gasteiger partial charge in [-0.1, -0.05) is 0 Å². The third-order valence-electron chi connectivity index (χ3n) is 5.59. The number of nitrogens with zero attached hydrogens (tertiary/aromatic N) is 5. The summed E-state index contributed by atoms with van der Waals surface area (Å²) in [5.41, 5.74) is 3.29. The van der Waals surface area contributed by atoms with E-state index in [2.05, 4.69) is 28.1 Å². The number of aryl methyl sites for hydroxylation is 2. The fraction of sp³-hybridized carbons (Fsp3) is 0.632. The highest BCUT2D eigenvalue weighted by Gasteiger charge is 2.32. The first-order chi connectivity index (χ1) is 12.7. The molecule has 2 aliphatic rings. The third-order valence-corrected chi connectivity index (χ3v) is 5.59. The summed E-state index contributed by atoms with van der Waals surface area (Å²) in [6, 6.07) is 3.83. The Hall–Kier alpha value is -1.99. The van der Waals surface area contributed by atoms with Crippen LogP contribution in [0.5, 0.6) is 0 Å². The van der Waals surface area contributed by atoms with E-state index in [0.29, 0.717) is 5.92 Å². The number of ether oxygens (including phenoxy) is 1. The van der Waals surface area contributed by atoms with Crippen LogP contribution in [0, 0.1) is 5.92 Å². The molecule has 7 nitrogen and oxygen atoms in total. The Morgan fingerprint density at radius 3 is 3.12 bits per heavy atom. The molecule has 1 saturated heterocycles. The smallest absolute Gasteiger partial charge is 0.266 e. The molecule has 0 aromatic carbocycles. The van der Waals surface area contributed by atoms with Gasteiger partial charge in [0.2, 0.25) is 0 Å². The van der Waals surface area contributed by atoms with Crippen LogP contribution in [0.2, 0.25) is 0 Å². The number of aromatic nitrogens is 4. The van der Waals surface area contributed by atoms with Gasteiger partial charge < -0.3 is 4.74 Å². The summed E-state index contributed by atoms with van der Waals surface area (Å²) in [7, 11) is 1.72. The lowest BCUT2D eigenvalue weighted by Crippen LogP contribution is -2.40. The van der Waals surface area contributed by atoms with Gasteiger partial charge in [-0.05, 0) is 31.4 Å². The highest BCUT2D eigenvalue weighted by atomic mass is 16.5. The monoisotopic (exact) mass is 357 g/mol. The van der Waals surface area contributed by atoms with Crippen LogP contribution in [0.1, 0.15) is 42.8 Å². The van der Waals surface area contributed by atoms with Crippen LogP contribution >= 0.6 is 0 Å². The fourth-order valence-electron chi connectivity index (χ4n) is 4.25. The van der Waals surface area contributed by atoms with E-state index in [1.54, 1.807) is 13.1 Å². The van der Waals surface area contributed by atoms with E-state index in [0.717, 1.165) is 63.3 Å². The SMILES string of the molecule is CCn1nccc1[C@@H]1OCCC[C@H]1CN1CCc2nn(C)c(=O)cc2C1. The zero-order valence-electron chi connectivity index (χ0n) is 15.6. The van der Waals surface area contributed by atoms with Gasteiger partial charge in [-0.15, -0.1) is 0 Å². The molecule has 26 heavy (non-hydrogen) atoms. The van der Waals surface area contributed by atoms with Crippen LogP contribution < -0.4 is 5.56 Å². The topological polar surface area (TPSA) is 65.2 Å². The van der Waals surface area contributed by atoms with Gasteiger partial charge in [0, 0.05) is 64.4 Å². The molecule has 0 radical (unpaired) electrons. The van der Waals surface area contributed by atoms with Crippen LogP contribution in [0.15, 0.2) is 23.1 Å². The van der Waals surface area contributed by atoms with E-state index in [1.165, 1.54) is 10.4 Å². The van der Waals surface area contributed by atoms with Crippen LogP contribution in [0.25, 0.3) is 0 Å². The lowest BCUT2D eigenvalue weighted by molar-refractivity contribution is -0.0448. The van der Waals surface area contributed by atoms with Crippen LogP contribution in [0.4, 0.5) is 0 Å². The molecule has 0 N–H and O–H groups in total. The van der Waals surface area contributed by atoms with Gasteiger partial charge in [-0.2, -0.15) is 10.2 Å². The molecule has 4 rings (SSSR count). The maximum Gasteiger partial charge on any atom is 0.266 e. The van der Waals surface area contributed by atoms with Gasteiger partial charge in [0.15, 0.2) is 0 Å². The van der Waals surface area contributed by atoms with E-state index < -0.39 is 0 Å². The maximum absolute atomic E-state index is 11.9. The van der Waals surface area contributed by atoms with E-state index in [4.69, 9.17) is 4.74 Å². The molecular formula is C19H27N5O2. The Morgan fingerprint density at radius 1 is 1.38 bits per heavy atom. The molecule has 2 aromatic heterocycles. The number of hydrogen-bond acceptors (Lipinski definition) is 5. The minimum atomic E-state index is -0.0312. The minimum absolute atomic E-state index is 0.0312. The Labute approximate surface area is 153 Å². The van der Waals surface area contributed by atoms with Gasteiger partial charge in [-0.3, -0.25) is 14.4 Å². The summed E-state index contributed by atoms with van der Waals surface area (Å²) in [5.74, 6) is 0.451. The van der Waals surface area contributed by atoms with Crippen molar-refractivity contribution in [3.8, 4) is 0 Å². The third kappa shape index (κ3) is 3.33. The second kappa shape index (κ2) is 7.32. The van der Waals surface area contributed by atoms with Gasteiger partial charge in [0.1, 0.15) is 6.10 Å². The molecule has 2 aliphatic heterocycles. The summed E-state index contributed by atoms with van der Waals surface area (Å²) in [5, 5.41) is 8.83. The first-order valence-electron chi connectivity index (χ1n) is 9.57. The Kier molecular flexibility index (Phi) is 4.91. The summed E-state index contributed by atoms with van der Waals surface area (Å²) in [4.78, 5) is 14.4. The Bertz CT molecular complexity index is 828. The van der Waals surface area contributed by atoms with Crippen molar-refractivity contribution in [3.63, 3.8) is 0 Å². The van der Waals surface area contributed by atoms with Crippen molar-refractivity contribution in [1.82, 2.24) is 24.5 Å². The average Bonchev–Trinajstić information content (AvgIpc) is 3.12. The van der Waals surface area contributed by atoms with Gasteiger partial charge in [-0.25, -0.2) is 4.68 Å². The highest BCUT2D eigenvalue weighted by Crippen LogP contribution is 2.34. The molecule has 7 heteroatoms. The van der Waals surface area contributed by atoms with Crippen molar-refractivity contribution in [2.75, 3.05) is 19.7 Å². The maximum atomic E-state index is 11.9. The molecule has 0 unspecified atom stereocenters. The van der Waals surface area contributed by atoms with Crippen molar-refractivity contribution in [2.45, 2.75) is 45.4 Å². The molecule has 0 aliphatic carbocycles. The van der Waals surface area contributed by atoms with Gasteiger partial charge >= 0.3 is 0 Å². The Morgan fingerprint density at radius 2 is 2.27 bits per heavy atom. The molecule has 140 valence electrons. The Balaban J connectivity index is 1.50. The van der Waals surface area contributed by atoms with Gasteiger partial charge in [0.05, 0.1) is 11.4 Å². The standard InChI is InChI=1S/C19H27N5O2/c1-3-24-17(6-8-20-24)19-14(5-4-10-26-19)12-23-9-7-16-15(13-23)11-18(25)22(2)21-16/h6,8,11,14,19H,3-5,7,9-10,12-13H2,1-2H3/t14-,19+/m0/s1. The van der Waals surface area contributed by atoms with Crippen molar-refractivity contribution in [1.29, 1.82) is 0 Å². The molecule has 0 amide bonds. The molecule has 1 fully saturated rings. The molecule has 0 saturated carbocycles. The second-order valence-corrected chi connectivity index (χ2v) is 7.33. The van der Waals surface area contributed by atoms with Crippen molar-refractivity contribution in [3.05, 3.63) is 45.6 Å². The van der Waals surface area contributed by atoms with E-state index in [9.17, 15) is 4.79 Å². The lowest BCUT2D eigenvalue weighted by Gasteiger charge is -2.37. The summed E-state index contributed by atoms with van der Waals surface area (Å²) in [6.45, 7) is 6.56. The molecule has 0 spiro atoms. The molecule has 0 bridgehead atoms. The number of fused-ring (bicyclic) bond motifs is 1. The van der Waals surface area contributed by atoms with Crippen molar-refractivity contribution >= 4 is 0 Å². The highest BCUT2D eigenvalue weighted by molar-refractivity contribution is 5.20. The number of hydrogen-bond donors (Lipinski definition) is 0. The van der Waals surface area contributed by atoms with Crippen LogP contribution in [-0.2, 0) is 31.3 Å².